The molecule has 0 bridgehead atoms. The summed E-state index contributed by atoms with van der Waals surface area (Å²) in [6.45, 7) is 1.50. The normalized spacial score (nSPS) is 17.8. The molecule has 3 heterocycles. The van der Waals surface area contributed by atoms with Gasteiger partial charge in [0, 0.05) is 31.4 Å². The van der Waals surface area contributed by atoms with Gasteiger partial charge in [0.15, 0.2) is 0 Å². The molecular formula is C18H23N5O2. The van der Waals surface area contributed by atoms with E-state index in [0.29, 0.717) is 18.4 Å². The molecule has 0 saturated carbocycles. The Balaban J connectivity index is 1.55. The Morgan fingerprint density at radius 2 is 2.12 bits per heavy atom. The van der Waals surface area contributed by atoms with Crippen LogP contribution in [-0.2, 0) is 11.3 Å². The third-order valence-electron chi connectivity index (χ3n) is 4.44. The second kappa shape index (κ2) is 7.83. The predicted molar refractivity (Wildman–Crippen MR) is 97.2 cm³/mol. The summed E-state index contributed by atoms with van der Waals surface area (Å²) in [6, 6.07) is 8.89. The predicted octanol–water partition coefficient (Wildman–Crippen LogP) is 1.32. The number of anilines is 2. The lowest BCUT2D eigenvalue weighted by Crippen LogP contribution is -2.37. The average Bonchev–Trinajstić information content (AvgIpc) is 2.85. The van der Waals surface area contributed by atoms with Crippen molar-refractivity contribution in [2.24, 2.45) is 0 Å². The van der Waals surface area contributed by atoms with Crippen molar-refractivity contribution in [2.45, 2.75) is 31.8 Å². The molecule has 25 heavy (non-hydrogen) atoms. The Hall–Kier alpha value is -2.83. The molecule has 3 N–H and O–H groups in total. The van der Waals surface area contributed by atoms with Crippen molar-refractivity contribution in [2.75, 3.05) is 24.1 Å². The fraction of sp³-hybridized carbons (Fsp3) is 0.389. The smallest absolute Gasteiger partial charge is 0.250 e. The second-order valence-electron chi connectivity index (χ2n) is 6.29. The van der Waals surface area contributed by atoms with Gasteiger partial charge in [-0.15, -0.1) is 0 Å². The minimum absolute atomic E-state index is 0.0110. The van der Waals surface area contributed by atoms with Crippen molar-refractivity contribution < 1.29 is 4.79 Å². The third-order valence-corrected chi connectivity index (χ3v) is 4.44. The van der Waals surface area contributed by atoms with E-state index in [-0.39, 0.29) is 18.0 Å². The zero-order valence-corrected chi connectivity index (χ0v) is 14.1. The maximum atomic E-state index is 12.5. The average molecular weight is 341 g/mol. The zero-order valence-electron chi connectivity index (χ0n) is 14.1. The molecule has 1 aliphatic rings. The molecule has 0 unspecified atom stereocenters. The van der Waals surface area contributed by atoms with Crippen LogP contribution in [0.1, 0.15) is 19.3 Å². The maximum absolute atomic E-state index is 12.5. The summed E-state index contributed by atoms with van der Waals surface area (Å²) < 4.78 is 1.45. The van der Waals surface area contributed by atoms with Crippen LogP contribution in [0, 0.1) is 0 Å². The molecule has 2 aromatic rings. The summed E-state index contributed by atoms with van der Waals surface area (Å²) in [7, 11) is 0. The van der Waals surface area contributed by atoms with Crippen molar-refractivity contribution in [1.29, 1.82) is 0 Å². The van der Waals surface area contributed by atoms with E-state index in [4.69, 9.17) is 5.73 Å². The minimum atomic E-state index is -0.152. The highest BCUT2D eigenvalue weighted by molar-refractivity contribution is 5.76. The van der Waals surface area contributed by atoms with Gasteiger partial charge in [0.05, 0.1) is 11.9 Å². The van der Waals surface area contributed by atoms with Crippen LogP contribution in [0.4, 0.5) is 11.5 Å². The highest BCUT2D eigenvalue weighted by atomic mass is 16.2. The van der Waals surface area contributed by atoms with E-state index in [0.717, 1.165) is 31.5 Å². The lowest BCUT2D eigenvalue weighted by molar-refractivity contribution is -0.131. The Bertz CT molecular complexity index is 772. The summed E-state index contributed by atoms with van der Waals surface area (Å²) >= 11 is 0. The summed E-state index contributed by atoms with van der Waals surface area (Å²) in [6.07, 6.45) is 6.15. The Morgan fingerprint density at radius 3 is 2.88 bits per heavy atom. The lowest BCUT2D eigenvalue weighted by atomic mass is 10.1. The number of nitrogens with two attached hydrogens (primary N) is 1. The van der Waals surface area contributed by atoms with E-state index in [2.05, 4.69) is 10.3 Å². The van der Waals surface area contributed by atoms with E-state index < -0.39 is 0 Å². The molecule has 2 aromatic heterocycles. The highest BCUT2D eigenvalue weighted by Crippen LogP contribution is 2.17. The van der Waals surface area contributed by atoms with Gasteiger partial charge in [0.25, 0.3) is 5.56 Å². The number of nitrogen functional groups attached to an aromatic ring is 1. The van der Waals surface area contributed by atoms with E-state index >= 15 is 0 Å². The molecule has 132 valence electrons. The standard InChI is InChI=1S/C18H23N5O2/c19-16-7-6-15(12-20-16)21-14-4-3-10-22(11-8-14)18(25)13-23-9-2-1-5-17(23)24/h1-2,5-7,9,12,14,21H,3-4,8,10-11,13H2,(H2,19,20)/t14-/m0/s1. The molecule has 3 rings (SSSR count). The van der Waals surface area contributed by atoms with E-state index in [1.807, 2.05) is 11.0 Å². The van der Waals surface area contributed by atoms with Crippen LogP contribution >= 0.6 is 0 Å². The number of nitrogens with one attached hydrogen (secondary N) is 1. The number of hydrogen-bond donors (Lipinski definition) is 2. The highest BCUT2D eigenvalue weighted by Gasteiger charge is 2.21. The third kappa shape index (κ3) is 4.59. The van der Waals surface area contributed by atoms with Gasteiger partial charge in [0.2, 0.25) is 5.91 Å². The number of aromatic nitrogens is 2. The molecule has 0 radical (unpaired) electrons. The molecule has 0 spiro atoms. The van der Waals surface area contributed by atoms with Crippen LogP contribution in [0.15, 0.2) is 47.5 Å². The molecule has 1 atom stereocenters. The van der Waals surface area contributed by atoms with Gasteiger partial charge in [-0.1, -0.05) is 6.07 Å². The number of carbonyl (C=O) groups excluding carboxylic acids is 1. The number of hydrogen-bond acceptors (Lipinski definition) is 5. The van der Waals surface area contributed by atoms with Crippen LogP contribution < -0.4 is 16.6 Å². The Morgan fingerprint density at radius 1 is 1.24 bits per heavy atom. The van der Waals surface area contributed by atoms with Crippen molar-refractivity contribution in [3.05, 3.63) is 53.1 Å². The number of amides is 1. The SMILES string of the molecule is Nc1ccc(N[C@H]2CCCN(C(=O)Cn3ccccc3=O)CC2)cn1. The summed E-state index contributed by atoms with van der Waals surface area (Å²) in [5.74, 6) is 0.488. The molecule has 0 aliphatic carbocycles. The van der Waals surface area contributed by atoms with Crippen molar-refractivity contribution in [3.63, 3.8) is 0 Å². The monoisotopic (exact) mass is 341 g/mol. The van der Waals surface area contributed by atoms with Gasteiger partial charge < -0.3 is 20.5 Å². The minimum Gasteiger partial charge on any atom is -0.384 e. The fourth-order valence-corrected chi connectivity index (χ4v) is 3.05. The van der Waals surface area contributed by atoms with Crippen molar-refractivity contribution in [1.82, 2.24) is 14.5 Å². The molecule has 1 fully saturated rings. The van der Waals surface area contributed by atoms with Crippen molar-refractivity contribution >= 4 is 17.4 Å². The summed E-state index contributed by atoms with van der Waals surface area (Å²) in [5.41, 5.74) is 6.39. The van der Waals surface area contributed by atoms with Gasteiger partial charge in [-0.05, 0) is 37.5 Å². The van der Waals surface area contributed by atoms with Gasteiger partial charge >= 0.3 is 0 Å². The van der Waals surface area contributed by atoms with Crippen LogP contribution in [0.25, 0.3) is 0 Å². The van der Waals surface area contributed by atoms with Gasteiger partial charge in [0.1, 0.15) is 12.4 Å². The number of likely N-dealkylation sites (tertiary alicyclic amines) is 1. The van der Waals surface area contributed by atoms with Gasteiger partial charge in [-0.25, -0.2) is 4.98 Å². The molecule has 1 amide bonds. The molecule has 7 heteroatoms. The van der Waals surface area contributed by atoms with Gasteiger partial charge in [-0.2, -0.15) is 0 Å². The maximum Gasteiger partial charge on any atom is 0.250 e. The Labute approximate surface area is 146 Å². The first kappa shape index (κ1) is 17.0. The first-order valence-electron chi connectivity index (χ1n) is 8.53. The van der Waals surface area contributed by atoms with Crippen LogP contribution in [0.2, 0.25) is 0 Å². The van der Waals surface area contributed by atoms with E-state index in [9.17, 15) is 9.59 Å². The number of rotatable bonds is 4. The molecular weight excluding hydrogens is 318 g/mol. The molecule has 0 aromatic carbocycles. The first-order valence-corrected chi connectivity index (χ1v) is 8.53. The fourth-order valence-electron chi connectivity index (χ4n) is 3.05. The summed E-state index contributed by atoms with van der Waals surface area (Å²) in [5, 5.41) is 3.46. The zero-order chi connectivity index (χ0) is 17.6. The molecule has 1 saturated heterocycles. The lowest BCUT2D eigenvalue weighted by Gasteiger charge is -2.21. The van der Waals surface area contributed by atoms with Gasteiger partial charge in [-0.3, -0.25) is 9.59 Å². The van der Waals surface area contributed by atoms with Crippen LogP contribution in [-0.4, -0.2) is 39.5 Å². The molecule has 1 aliphatic heterocycles. The molecule has 7 nitrogen and oxygen atoms in total. The van der Waals surface area contributed by atoms with E-state index in [1.54, 1.807) is 30.6 Å². The van der Waals surface area contributed by atoms with Crippen LogP contribution in [0.3, 0.4) is 0 Å². The van der Waals surface area contributed by atoms with E-state index in [1.165, 1.54) is 10.6 Å². The van der Waals surface area contributed by atoms with Crippen molar-refractivity contribution in [3.8, 4) is 0 Å². The number of nitrogens with zero attached hydrogens (tertiary/aromatic N) is 3. The van der Waals surface area contributed by atoms with Crippen LogP contribution in [0.5, 0.6) is 0 Å². The number of carbonyl (C=O) groups is 1. The summed E-state index contributed by atoms with van der Waals surface area (Å²) in [4.78, 5) is 30.2. The quantitative estimate of drug-likeness (QED) is 0.875. The number of pyridine rings is 2. The second-order valence-corrected chi connectivity index (χ2v) is 6.29. The largest absolute Gasteiger partial charge is 0.384 e. The topological polar surface area (TPSA) is 93.2 Å². The Kier molecular flexibility index (Phi) is 5.33. The first-order chi connectivity index (χ1) is 12.1.